The van der Waals surface area contributed by atoms with Crippen molar-refractivity contribution in [1.29, 1.82) is 0 Å². The van der Waals surface area contributed by atoms with Gasteiger partial charge in [0, 0.05) is 25.7 Å². The van der Waals surface area contributed by atoms with Crippen LogP contribution in [0.4, 0.5) is 0 Å². The summed E-state index contributed by atoms with van der Waals surface area (Å²) in [7, 11) is -3.53. The van der Waals surface area contributed by atoms with Gasteiger partial charge in [-0.3, -0.25) is 4.90 Å². The Morgan fingerprint density at radius 1 is 0.958 bits per heavy atom. The van der Waals surface area contributed by atoms with Crippen molar-refractivity contribution in [3.8, 4) is 0 Å². The molecule has 1 aliphatic rings. The third-order valence-corrected chi connectivity index (χ3v) is 7.13. The molecule has 1 heterocycles. The molecule has 1 aliphatic heterocycles. The molecule has 2 rings (SSSR count). The maximum atomic E-state index is 12.9. The standard InChI is InChI=1S/C18H30N2O3S/c1-12(20-7-9-23-10-8-20)11-19-24(21,22)18-16(5)14(3)13(2)15(4)17(18)6/h12,19H,7-11H2,1-6H3. The highest BCUT2D eigenvalue weighted by Gasteiger charge is 2.25. The number of nitrogens with zero attached hydrogens (tertiary/aromatic N) is 1. The molecule has 1 atom stereocenters. The maximum absolute atomic E-state index is 12.9. The van der Waals surface area contributed by atoms with Gasteiger partial charge >= 0.3 is 0 Å². The molecule has 1 aromatic rings. The Kier molecular flexibility index (Phi) is 6.07. The van der Waals surface area contributed by atoms with Gasteiger partial charge in [-0.05, 0) is 69.4 Å². The van der Waals surface area contributed by atoms with Crippen molar-refractivity contribution in [3.63, 3.8) is 0 Å². The minimum Gasteiger partial charge on any atom is -0.379 e. The molecule has 0 spiro atoms. The molecule has 1 fully saturated rings. The van der Waals surface area contributed by atoms with Crippen LogP contribution in [0.25, 0.3) is 0 Å². The molecule has 0 bridgehead atoms. The summed E-state index contributed by atoms with van der Waals surface area (Å²) in [5.74, 6) is 0. The summed E-state index contributed by atoms with van der Waals surface area (Å²) in [6.45, 7) is 15.4. The van der Waals surface area contributed by atoms with Crippen molar-refractivity contribution in [2.45, 2.75) is 52.5 Å². The molecule has 0 radical (unpaired) electrons. The molecule has 0 aliphatic carbocycles. The molecule has 0 amide bonds. The Labute approximate surface area is 146 Å². The van der Waals surface area contributed by atoms with Crippen LogP contribution < -0.4 is 4.72 Å². The Balaban J connectivity index is 2.22. The van der Waals surface area contributed by atoms with Crippen LogP contribution in [0.5, 0.6) is 0 Å². The van der Waals surface area contributed by atoms with E-state index in [1.807, 2.05) is 27.7 Å². The van der Waals surface area contributed by atoms with Gasteiger partial charge in [-0.1, -0.05) is 0 Å². The molecule has 0 aromatic heterocycles. The highest BCUT2D eigenvalue weighted by Crippen LogP contribution is 2.29. The molecule has 1 saturated heterocycles. The summed E-state index contributed by atoms with van der Waals surface area (Å²) in [6.07, 6.45) is 0. The molecular formula is C18H30N2O3S. The molecule has 5 nitrogen and oxygen atoms in total. The number of ether oxygens (including phenoxy) is 1. The first-order valence-electron chi connectivity index (χ1n) is 8.55. The summed E-state index contributed by atoms with van der Waals surface area (Å²) >= 11 is 0. The smallest absolute Gasteiger partial charge is 0.241 e. The Morgan fingerprint density at radius 2 is 1.42 bits per heavy atom. The van der Waals surface area contributed by atoms with E-state index in [2.05, 4.69) is 23.5 Å². The fourth-order valence-electron chi connectivity index (χ4n) is 3.32. The molecule has 136 valence electrons. The van der Waals surface area contributed by atoms with Crippen molar-refractivity contribution >= 4 is 10.0 Å². The SMILES string of the molecule is Cc1c(C)c(C)c(S(=O)(=O)NCC(C)N2CCOCC2)c(C)c1C. The van der Waals surface area contributed by atoms with Crippen LogP contribution in [0.3, 0.4) is 0 Å². The minimum absolute atomic E-state index is 0.150. The lowest BCUT2D eigenvalue weighted by molar-refractivity contribution is 0.0213. The van der Waals surface area contributed by atoms with Crippen molar-refractivity contribution in [1.82, 2.24) is 9.62 Å². The van der Waals surface area contributed by atoms with Gasteiger partial charge in [0.05, 0.1) is 18.1 Å². The van der Waals surface area contributed by atoms with Crippen molar-refractivity contribution in [3.05, 3.63) is 27.8 Å². The van der Waals surface area contributed by atoms with Crippen molar-refractivity contribution < 1.29 is 13.2 Å². The molecule has 1 N–H and O–H groups in total. The molecular weight excluding hydrogens is 324 g/mol. The second-order valence-corrected chi connectivity index (χ2v) is 8.51. The van der Waals surface area contributed by atoms with Gasteiger partial charge in [0.15, 0.2) is 0 Å². The van der Waals surface area contributed by atoms with E-state index < -0.39 is 10.0 Å². The van der Waals surface area contributed by atoms with Gasteiger partial charge in [-0.15, -0.1) is 0 Å². The third-order valence-electron chi connectivity index (χ3n) is 5.44. The quantitative estimate of drug-likeness (QED) is 0.881. The lowest BCUT2D eigenvalue weighted by Gasteiger charge is -2.32. The van der Waals surface area contributed by atoms with E-state index in [-0.39, 0.29) is 6.04 Å². The van der Waals surface area contributed by atoms with E-state index in [1.54, 1.807) is 0 Å². The number of sulfonamides is 1. The second kappa shape index (κ2) is 7.52. The zero-order valence-corrected chi connectivity index (χ0v) is 16.5. The zero-order chi connectivity index (χ0) is 18.1. The first-order chi connectivity index (χ1) is 11.2. The average Bonchev–Trinajstić information content (AvgIpc) is 2.57. The number of hydrogen-bond donors (Lipinski definition) is 1. The molecule has 6 heteroatoms. The van der Waals surface area contributed by atoms with E-state index in [0.29, 0.717) is 24.7 Å². The van der Waals surface area contributed by atoms with Gasteiger partial charge in [-0.2, -0.15) is 0 Å². The van der Waals surface area contributed by atoms with Gasteiger partial charge in [-0.25, -0.2) is 13.1 Å². The predicted molar refractivity (Wildman–Crippen MR) is 97.2 cm³/mol. The summed E-state index contributed by atoms with van der Waals surface area (Å²) in [6, 6.07) is 0.150. The highest BCUT2D eigenvalue weighted by molar-refractivity contribution is 7.89. The first-order valence-corrected chi connectivity index (χ1v) is 10.0. The van der Waals surface area contributed by atoms with Crippen LogP contribution in [-0.2, 0) is 14.8 Å². The summed E-state index contributed by atoms with van der Waals surface area (Å²) < 4.78 is 34.0. The Hall–Kier alpha value is -0.950. The maximum Gasteiger partial charge on any atom is 0.241 e. The predicted octanol–water partition coefficient (Wildman–Crippen LogP) is 2.23. The van der Waals surface area contributed by atoms with Gasteiger partial charge in [0.1, 0.15) is 0 Å². The van der Waals surface area contributed by atoms with E-state index >= 15 is 0 Å². The monoisotopic (exact) mass is 354 g/mol. The van der Waals surface area contributed by atoms with Crippen LogP contribution in [0.2, 0.25) is 0 Å². The number of rotatable bonds is 5. The average molecular weight is 355 g/mol. The lowest BCUT2D eigenvalue weighted by atomic mass is 9.95. The fraction of sp³-hybridized carbons (Fsp3) is 0.667. The molecule has 24 heavy (non-hydrogen) atoms. The van der Waals surface area contributed by atoms with Crippen LogP contribution in [0.15, 0.2) is 4.90 Å². The Morgan fingerprint density at radius 3 is 1.92 bits per heavy atom. The van der Waals surface area contributed by atoms with Gasteiger partial charge in [0.25, 0.3) is 0 Å². The van der Waals surface area contributed by atoms with E-state index in [0.717, 1.165) is 35.3 Å². The number of hydrogen-bond acceptors (Lipinski definition) is 4. The number of nitrogens with one attached hydrogen (secondary N) is 1. The first kappa shape index (κ1) is 19.4. The number of benzene rings is 1. The minimum atomic E-state index is -3.53. The molecule has 1 unspecified atom stereocenters. The topological polar surface area (TPSA) is 58.6 Å². The summed E-state index contributed by atoms with van der Waals surface area (Å²) in [5, 5.41) is 0. The van der Waals surface area contributed by atoms with Gasteiger partial charge < -0.3 is 4.74 Å². The van der Waals surface area contributed by atoms with Crippen LogP contribution >= 0.6 is 0 Å². The van der Waals surface area contributed by atoms with E-state index in [1.165, 1.54) is 5.56 Å². The van der Waals surface area contributed by atoms with Gasteiger partial charge in [0.2, 0.25) is 10.0 Å². The van der Waals surface area contributed by atoms with Crippen LogP contribution in [0.1, 0.15) is 34.7 Å². The molecule has 1 aromatic carbocycles. The second-order valence-electron chi connectivity index (χ2n) is 6.80. The normalized spacial score (nSPS) is 17.9. The van der Waals surface area contributed by atoms with Crippen molar-refractivity contribution in [2.75, 3.05) is 32.8 Å². The summed E-state index contributed by atoms with van der Waals surface area (Å²) in [4.78, 5) is 2.70. The van der Waals surface area contributed by atoms with Crippen molar-refractivity contribution in [2.24, 2.45) is 0 Å². The van der Waals surface area contributed by atoms with E-state index in [9.17, 15) is 8.42 Å². The number of morpholine rings is 1. The Bertz CT molecular complexity index is 678. The van der Waals surface area contributed by atoms with Crippen LogP contribution in [0, 0.1) is 34.6 Å². The van der Waals surface area contributed by atoms with E-state index in [4.69, 9.17) is 4.74 Å². The molecule has 0 saturated carbocycles. The largest absolute Gasteiger partial charge is 0.379 e. The summed E-state index contributed by atoms with van der Waals surface area (Å²) in [5.41, 5.74) is 4.98. The zero-order valence-electron chi connectivity index (χ0n) is 15.7. The van der Waals surface area contributed by atoms with Crippen LogP contribution in [-0.4, -0.2) is 52.2 Å². The highest BCUT2D eigenvalue weighted by atomic mass is 32.2. The lowest BCUT2D eigenvalue weighted by Crippen LogP contribution is -2.47. The fourth-order valence-corrected chi connectivity index (χ4v) is 5.04. The third kappa shape index (κ3) is 3.82.